The van der Waals surface area contributed by atoms with Crippen molar-refractivity contribution in [1.29, 1.82) is 0 Å². The molecule has 0 aromatic rings. The maximum Gasteiger partial charge on any atom is 0.329 e. The Morgan fingerprint density at radius 3 is 2.16 bits per heavy atom. The monoisotopic (exact) mass is 468 g/mol. The number of carbonyl (C=O) groups excluding carboxylic acids is 5. The van der Waals surface area contributed by atoms with Gasteiger partial charge in [-0.05, 0) is 25.7 Å². The fraction of sp³-hybridized carbons (Fsp3) is 0.696. The van der Waals surface area contributed by atoms with E-state index >= 15 is 0 Å². The van der Waals surface area contributed by atoms with Crippen molar-refractivity contribution in [2.24, 2.45) is 17.8 Å². The van der Waals surface area contributed by atoms with Crippen molar-refractivity contribution in [3.8, 4) is 0 Å². The van der Waals surface area contributed by atoms with Crippen molar-refractivity contribution >= 4 is 42.0 Å². The zero-order valence-corrected chi connectivity index (χ0v) is 20.7. The van der Waals surface area contributed by atoms with Gasteiger partial charge in [0.1, 0.15) is 17.9 Å². The molecule has 0 aromatic carbocycles. The first-order chi connectivity index (χ1) is 14.9. The SMILES string of the molecule is C/C=C1\CC(=O)[C@@H](CS)NC(=O)[C@@H](C(C)C)CC(=O)C[C@H](C)OC(=O)[C@H](C(C)C)NC1=O. The molecular weight excluding hydrogens is 432 g/mol. The average Bonchev–Trinajstić information content (AvgIpc) is 2.70. The number of hydrogen-bond acceptors (Lipinski definition) is 7. The number of Topliss-reactive ketones (excluding diaryl/α,β-unsaturated/α-hetero) is 2. The van der Waals surface area contributed by atoms with Crippen LogP contribution >= 0.6 is 12.6 Å². The van der Waals surface area contributed by atoms with Crippen LogP contribution in [0.15, 0.2) is 11.6 Å². The van der Waals surface area contributed by atoms with Crippen LogP contribution in [0.1, 0.15) is 60.8 Å². The highest BCUT2D eigenvalue weighted by Gasteiger charge is 2.33. The third-order valence-corrected chi connectivity index (χ3v) is 5.89. The third kappa shape index (κ3) is 8.07. The lowest BCUT2D eigenvalue weighted by Crippen LogP contribution is -2.49. The van der Waals surface area contributed by atoms with Gasteiger partial charge in [-0.1, -0.05) is 33.8 Å². The lowest BCUT2D eigenvalue weighted by Gasteiger charge is -2.26. The fourth-order valence-electron chi connectivity index (χ4n) is 3.46. The molecule has 0 spiro atoms. The minimum absolute atomic E-state index is 0.0245. The standard InChI is InChI=1S/C23H36N2O6S/c1-7-15-9-19(27)18(11-32)24-22(29)17(12(2)3)10-16(26)8-14(6)31-23(30)20(13(4)5)25-21(15)28/h7,12-14,17-18,20,32H,8-11H2,1-6H3,(H,24,29)(H,25,28)/b15-7+/t14-,17+,18+,20-/m0/s1. The van der Waals surface area contributed by atoms with Gasteiger partial charge in [-0.15, -0.1) is 0 Å². The van der Waals surface area contributed by atoms with Crippen LogP contribution < -0.4 is 10.6 Å². The van der Waals surface area contributed by atoms with Crippen molar-refractivity contribution in [1.82, 2.24) is 10.6 Å². The van der Waals surface area contributed by atoms with Gasteiger partial charge in [0.25, 0.3) is 0 Å². The first kappa shape index (κ1) is 27.9. The third-order valence-electron chi connectivity index (χ3n) is 5.52. The number of cyclic esters (lactones) is 1. The van der Waals surface area contributed by atoms with E-state index in [2.05, 4.69) is 23.3 Å². The molecule has 0 bridgehead atoms. The van der Waals surface area contributed by atoms with Crippen molar-refractivity contribution in [3.63, 3.8) is 0 Å². The van der Waals surface area contributed by atoms with Crippen LogP contribution in [0.25, 0.3) is 0 Å². The summed E-state index contributed by atoms with van der Waals surface area (Å²) in [5.74, 6) is -3.21. The number of ether oxygens (including phenoxy) is 1. The fourth-order valence-corrected chi connectivity index (χ4v) is 3.75. The maximum atomic E-state index is 12.8. The molecule has 1 saturated heterocycles. The first-order valence-corrected chi connectivity index (χ1v) is 11.7. The summed E-state index contributed by atoms with van der Waals surface area (Å²) < 4.78 is 5.42. The molecular formula is C23H36N2O6S. The summed E-state index contributed by atoms with van der Waals surface area (Å²) in [5.41, 5.74) is 0.185. The number of thiol groups is 1. The molecule has 32 heavy (non-hydrogen) atoms. The van der Waals surface area contributed by atoms with Gasteiger partial charge in [0, 0.05) is 36.5 Å². The molecule has 1 aliphatic rings. The molecule has 1 rings (SSSR count). The van der Waals surface area contributed by atoms with E-state index in [-0.39, 0.29) is 54.0 Å². The van der Waals surface area contributed by atoms with Gasteiger partial charge in [0.15, 0.2) is 5.78 Å². The second-order valence-electron chi connectivity index (χ2n) is 8.94. The summed E-state index contributed by atoms with van der Waals surface area (Å²) in [5, 5.41) is 5.33. The van der Waals surface area contributed by atoms with Crippen molar-refractivity contribution < 1.29 is 28.7 Å². The summed E-state index contributed by atoms with van der Waals surface area (Å²) in [6.07, 6.45) is 0.508. The number of carbonyl (C=O) groups is 5. The Balaban J connectivity index is 3.31. The van der Waals surface area contributed by atoms with Crippen LogP contribution in [0.4, 0.5) is 0 Å². The number of esters is 1. The average molecular weight is 469 g/mol. The van der Waals surface area contributed by atoms with Gasteiger partial charge in [0.05, 0.1) is 6.04 Å². The Hall–Kier alpha value is -2.16. The second-order valence-corrected chi connectivity index (χ2v) is 9.31. The predicted octanol–water partition coefficient (Wildman–Crippen LogP) is 2.01. The van der Waals surface area contributed by atoms with Crippen LogP contribution in [0.5, 0.6) is 0 Å². The Kier molecular flexibility index (Phi) is 11.1. The topological polar surface area (TPSA) is 119 Å². The second kappa shape index (κ2) is 12.8. The highest BCUT2D eigenvalue weighted by atomic mass is 32.1. The predicted molar refractivity (Wildman–Crippen MR) is 124 cm³/mol. The van der Waals surface area contributed by atoms with Gasteiger partial charge in [-0.2, -0.15) is 12.6 Å². The molecule has 0 saturated carbocycles. The summed E-state index contributed by atoms with van der Waals surface area (Å²) >= 11 is 4.19. The number of ketones is 2. The van der Waals surface area contributed by atoms with Crippen LogP contribution in [0, 0.1) is 17.8 Å². The number of rotatable bonds is 3. The Morgan fingerprint density at radius 1 is 1.03 bits per heavy atom. The molecule has 2 amide bonds. The number of nitrogens with one attached hydrogen (secondary N) is 2. The molecule has 4 atom stereocenters. The van der Waals surface area contributed by atoms with E-state index in [0.717, 1.165) is 0 Å². The molecule has 180 valence electrons. The van der Waals surface area contributed by atoms with Crippen molar-refractivity contribution in [2.75, 3.05) is 5.75 Å². The zero-order valence-electron chi connectivity index (χ0n) is 19.8. The molecule has 0 unspecified atom stereocenters. The van der Waals surface area contributed by atoms with Crippen LogP contribution in [-0.2, 0) is 28.7 Å². The Bertz CT molecular complexity index is 762. The van der Waals surface area contributed by atoms with E-state index < -0.39 is 41.9 Å². The quantitative estimate of drug-likeness (QED) is 0.331. The first-order valence-electron chi connectivity index (χ1n) is 11.0. The smallest absolute Gasteiger partial charge is 0.329 e. The number of allylic oxidation sites excluding steroid dienone is 1. The van der Waals surface area contributed by atoms with E-state index in [0.29, 0.717) is 0 Å². The van der Waals surface area contributed by atoms with E-state index in [1.165, 1.54) is 6.08 Å². The lowest BCUT2D eigenvalue weighted by atomic mass is 9.88. The van der Waals surface area contributed by atoms with Crippen LogP contribution in [0.3, 0.4) is 0 Å². The minimum Gasteiger partial charge on any atom is -0.461 e. The highest BCUT2D eigenvalue weighted by molar-refractivity contribution is 7.80. The molecule has 0 aliphatic carbocycles. The number of amides is 2. The van der Waals surface area contributed by atoms with Crippen LogP contribution in [0.2, 0.25) is 0 Å². The molecule has 9 heteroatoms. The number of hydrogen-bond donors (Lipinski definition) is 3. The van der Waals surface area contributed by atoms with E-state index in [1.807, 2.05) is 13.8 Å². The van der Waals surface area contributed by atoms with E-state index in [4.69, 9.17) is 4.74 Å². The minimum atomic E-state index is -0.929. The zero-order chi connectivity index (χ0) is 24.6. The van der Waals surface area contributed by atoms with Gasteiger partial charge in [0.2, 0.25) is 11.8 Å². The molecule has 1 fully saturated rings. The molecule has 1 heterocycles. The molecule has 8 nitrogen and oxygen atoms in total. The summed E-state index contributed by atoms with van der Waals surface area (Å²) in [7, 11) is 0. The van der Waals surface area contributed by atoms with Gasteiger partial charge >= 0.3 is 5.97 Å². The normalized spacial score (nSPS) is 28.7. The summed E-state index contributed by atoms with van der Waals surface area (Å²) in [6, 6.07) is -1.83. The maximum absolute atomic E-state index is 12.8. The molecule has 0 aromatic heterocycles. The van der Waals surface area contributed by atoms with Crippen molar-refractivity contribution in [3.05, 3.63) is 11.6 Å². The highest BCUT2D eigenvalue weighted by Crippen LogP contribution is 2.20. The lowest BCUT2D eigenvalue weighted by molar-refractivity contribution is -0.154. The Labute approximate surface area is 195 Å². The largest absolute Gasteiger partial charge is 0.461 e. The summed E-state index contributed by atoms with van der Waals surface area (Å²) in [4.78, 5) is 63.7. The van der Waals surface area contributed by atoms with Gasteiger partial charge < -0.3 is 15.4 Å². The molecule has 2 N–H and O–H groups in total. The van der Waals surface area contributed by atoms with Gasteiger partial charge in [-0.25, -0.2) is 4.79 Å². The van der Waals surface area contributed by atoms with Crippen molar-refractivity contribution in [2.45, 2.75) is 79.0 Å². The van der Waals surface area contributed by atoms with Gasteiger partial charge in [-0.3, -0.25) is 19.2 Å². The Morgan fingerprint density at radius 2 is 1.66 bits per heavy atom. The summed E-state index contributed by atoms with van der Waals surface area (Å²) in [6.45, 7) is 10.4. The van der Waals surface area contributed by atoms with E-state index in [1.54, 1.807) is 27.7 Å². The molecule has 1 aliphatic heterocycles. The molecule has 0 radical (unpaired) electrons. The van der Waals surface area contributed by atoms with Crippen LogP contribution in [-0.4, -0.2) is 53.3 Å². The van der Waals surface area contributed by atoms with E-state index in [9.17, 15) is 24.0 Å².